The van der Waals surface area contributed by atoms with Crippen LogP contribution in [0.2, 0.25) is 0 Å². The molecule has 0 aromatic carbocycles. The van der Waals surface area contributed by atoms with Crippen molar-refractivity contribution in [3.63, 3.8) is 0 Å². The summed E-state index contributed by atoms with van der Waals surface area (Å²) in [5.41, 5.74) is -0.222. The SMILES string of the molecule is COC(C)(C)c1nc(C(C)(C)C)c(C(=O)O)s1. The van der Waals surface area contributed by atoms with Crippen LogP contribution in [-0.2, 0) is 15.8 Å². The summed E-state index contributed by atoms with van der Waals surface area (Å²) in [4.78, 5) is 16.0. The van der Waals surface area contributed by atoms with Gasteiger partial charge in [0.05, 0.1) is 5.69 Å². The third kappa shape index (κ3) is 2.84. The fourth-order valence-electron chi connectivity index (χ4n) is 1.32. The van der Waals surface area contributed by atoms with E-state index in [1.54, 1.807) is 7.11 Å². The number of rotatable bonds is 3. The molecule has 1 heterocycles. The van der Waals surface area contributed by atoms with Gasteiger partial charge in [-0.15, -0.1) is 11.3 Å². The van der Waals surface area contributed by atoms with Gasteiger partial charge in [0.15, 0.2) is 0 Å². The van der Waals surface area contributed by atoms with Crippen molar-refractivity contribution in [3.8, 4) is 0 Å². The van der Waals surface area contributed by atoms with Gasteiger partial charge in [-0.3, -0.25) is 0 Å². The number of aromatic carboxylic acids is 1. The van der Waals surface area contributed by atoms with Crippen LogP contribution < -0.4 is 0 Å². The molecule has 0 spiro atoms. The first-order valence-electron chi connectivity index (χ1n) is 5.40. The normalized spacial score (nSPS) is 12.8. The summed E-state index contributed by atoms with van der Waals surface area (Å²) in [6, 6.07) is 0. The molecule has 1 N–H and O–H groups in total. The highest BCUT2D eigenvalue weighted by molar-refractivity contribution is 7.13. The van der Waals surface area contributed by atoms with Crippen molar-refractivity contribution in [1.29, 1.82) is 0 Å². The third-order valence-corrected chi connectivity index (χ3v) is 3.91. The summed E-state index contributed by atoms with van der Waals surface area (Å²) >= 11 is 1.19. The van der Waals surface area contributed by atoms with E-state index < -0.39 is 11.6 Å². The van der Waals surface area contributed by atoms with Crippen LogP contribution in [0.15, 0.2) is 0 Å². The molecule has 0 aliphatic carbocycles. The van der Waals surface area contributed by atoms with Gasteiger partial charge in [-0.2, -0.15) is 0 Å². The number of thiazole rings is 1. The van der Waals surface area contributed by atoms with Gasteiger partial charge in [0.25, 0.3) is 0 Å². The number of carboxylic acid groups (broad SMARTS) is 1. The van der Waals surface area contributed by atoms with Gasteiger partial charge in [-0.25, -0.2) is 9.78 Å². The molecular weight excluding hydrogens is 238 g/mol. The summed E-state index contributed by atoms with van der Waals surface area (Å²) in [6.45, 7) is 9.63. The molecule has 96 valence electrons. The van der Waals surface area contributed by atoms with Crippen LogP contribution in [-0.4, -0.2) is 23.2 Å². The van der Waals surface area contributed by atoms with Crippen LogP contribution in [0.4, 0.5) is 0 Å². The van der Waals surface area contributed by atoms with Gasteiger partial charge in [0, 0.05) is 12.5 Å². The molecule has 17 heavy (non-hydrogen) atoms. The minimum Gasteiger partial charge on any atom is -0.477 e. The Morgan fingerprint density at radius 3 is 2.12 bits per heavy atom. The first kappa shape index (κ1) is 14.1. The van der Waals surface area contributed by atoms with Gasteiger partial charge in [-0.05, 0) is 13.8 Å². The number of hydrogen-bond acceptors (Lipinski definition) is 4. The topological polar surface area (TPSA) is 59.4 Å². The Morgan fingerprint density at radius 2 is 1.82 bits per heavy atom. The zero-order valence-corrected chi connectivity index (χ0v) is 11.9. The minimum atomic E-state index is -0.925. The Kier molecular flexibility index (Phi) is 3.64. The monoisotopic (exact) mass is 257 g/mol. The molecule has 0 unspecified atom stereocenters. The predicted octanol–water partition coefficient (Wildman–Crippen LogP) is 3.02. The Morgan fingerprint density at radius 1 is 1.29 bits per heavy atom. The highest BCUT2D eigenvalue weighted by Gasteiger charge is 2.32. The van der Waals surface area contributed by atoms with E-state index in [1.807, 2.05) is 34.6 Å². The number of ether oxygens (including phenoxy) is 1. The molecule has 0 radical (unpaired) electrons. The van der Waals surface area contributed by atoms with E-state index in [9.17, 15) is 9.90 Å². The molecule has 0 fully saturated rings. The lowest BCUT2D eigenvalue weighted by molar-refractivity contribution is 0.0188. The molecular formula is C12H19NO3S. The Hall–Kier alpha value is -0.940. The molecule has 0 aliphatic heterocycles. The zero-order chi connectivity index (χ0) is 13.4. The molecule has 0 bridgehead atoms. The largest absolute Gasteiger partial charge is 0.477 e. The summed E-state index contributed by atoms with van der Waals surface area (Å²) < 4.78 is 5.34. The second kappa shape index (κ2) is 4.38. The van der Waals surface area contributed by atoms with E-state index in [2.05, 4.69) is 4.98 Å². The molecule has 0 aliphatic rings. The highest BCUT2D eigenvalue weighted by Crippen LogP contribution is 2.35. The van der Waals surface area contributed by atoms with Gasteiger partial charge in [-0.1, -0.05) is 20.8 Å². The Balaban J connectivity index is 3.37. The molecule has 0 atom stereocenters. The van der Waals surface area contributed by atoms with Crippen molar-refractivity contribution >= 4 is 17.3 Å². The molecule has 0 amide bonds. The molecule has 5 heteroatoms. The highest BCUT2D eigenvalue weighted by atomic mass is 32.1. The third-order valence-electron chi connectivity index (χ3n) is 2.56. The molecule has 0 saturated carbocycles. The van der Waals surface area contributed by atoms with Gasteiger partial charge >= 0.3 is 5.97 Å². The van der Waals surface area contributed by atoms with E-state index in [0.29, 0.717) is 15.6 Å². The molecule has 1 aromatic rings. The minimum absolute atomic E-state index is 0.285. The van der Waals surface area contributed by atoms with Crippen LogP contribution in [0, 0.1) is 0 Å². The average molecular weight is 257 g/mol. The van der Waals surface area contributed by atoms with E-state index in [1.165, 1.54) is 11.3 Å². The van der Waals surface area contributed by atoms with Crippen molar-refractivity contribution in [2.24, 2.45) is 0 Å². The number of aromatic nitrogens is 1. The smallest absolute Gasteiger partial charge is 0.347 e. The number of nitrogens with zero attached hydrogens (tertiary/aromatic N) is 1. The Bertz CT molecular complexity index is 429. The van der Waals surface area contributed by atoms with Crippen molar-refractivity contribution < 1.29 is 14.6 Å². The number of carboxylic acids is 1. The van der Waals surface area contributed by atoms with Crippen molar-refractivity contribution in [1.82, 2.24) is 4.98 Å². The van der Waals surface area contributed by atoms with Crippen molar-refractivity contribution in [3.05, 3.63) is 15.6 Å². The van der Waals surface area contributed by atoms with Gasteiger partial charge in [0.1, 0.15) is 15.5 Å². The second-order valence-electron chi connectivity index (χ2n) is 5.47. The summed E-state index contributed by atoms with van der Waals surface area (Å²) in [7, 11) is 1.60. The van der Waals surface area contributed by atoms with E-state index in [0.717, 1.165) is 0 Å². The fourth-order valence-corrected chi connectivity index (χ4v) is 2.51. The molecule has 1 aromatic heterocycles. The van der Waals surface area contributed by atoms with Crippen LogP contribution in [0.1, 0.15) is 55.0 Å². The number of methoxy groups -OCH3 is 1. The average Bonchev–Trinajstić information content (AvgIpc) is 2.61. The molecule has 0 saturated heterocycles. The van der Waals surface area contributed by atoms with E-state index in [-0.39, 0.29) is 5.41 Å². The maximum absolute atomic E-state index is 11.2. The van der Waals surface area contributed by atoms with Crippen LogP contribution >= 0.6 is 11.3 Å². The van der Waals surface area contributed by atoms with Crippen LogP contribution in [0.25, 0.3) is 0 Å². The predicted molar refractivity (Wildman–Crippen MR) is 67.8 cm³/mol. The Labute approximate surface area is 106 Å². The van der Waals surface area contributed by atoms with Gasteiger partial charge in [0.2, 0.25) is 0 Å². The number of hydrogen-bond donors (Lipinski definition) is 1. The van der Waals surface area contributed by atoms with Crippen LogP contribution in [0.3, 0.4) is 0 Å². The first-order valence-corrected chi connectivity index (χ1v) is 6.21. The number of carbonyl (C=O) groups is 1. The summed E-state index contributed by atoms with van der Waals surface area (Å²) in [6.07, 6.45) is 0. The summed E-state index contributed by atoms with van der Waals surface area (Å²) in [5, 5.41) is 9.91. The maximum Gasteiger partial charge on any atom is 0.347 e. The van der Waals surface area contributed by atoms with Crippen molar-refractivity contribution in [2.45, 2.75) is 45.6 Å². The quantitative estimate of drug-likeness (QED) is 0.904. The zero-order valence-electron chi connectivity index (χ0n) is 11.1. The fraction of sp³-hybridized carbons (Fsp3) is 0.667. The lowest BCUT2D eigenvalue weighted by atomic mass is 9.91. The molecule has 1 rings (SSSR count). The van der Waals surface area contributed by atoms with Crippen LogP contribution in [0.5, 0.6) is 0 Å². The summed E-state index contributed by atoms with van der Waals surface area (Å²) in [5.74, 6) is -0.925. The standard InChI is InChI=1S/C12H19NO3S/c1-11(2,3)8-7(9(14)15)17-10(13-8)12(4,5)16-6/h1-6H3,(H,14,15). The van der Waals surface area contributed by atoms with E-state index >= 15 is 0 Å². The van der Waals surface area contributed by atoms with Gasteiger partial charge < -0.3 is 9.84 Å². The lowest BCUT2D eigenvalue weighted by Crippen LogP contribution is -2.20. The lowest BCUT2D eigenvalue weighted by Gasteiger charge is -2.20. The molecule has 4 nitrogen and oxygen atoms in total. The first-order chi connectivity index (χ1) is 7.59. The van der Waals surface area contributed by atoms with E-state index in [4.69, 9.17) is 4.74 Å². The maximum atomic E-state index is 11.2. The van der Waals surface area contributed by atoms with Crippen molar-refractivity contribution in [2.75, 3.05) is 7.11 Å². The second-order valence-corrected chi connectivity index (χ2v) is 6.47.